The van der Waals surface area contributed by atoms with E-state index < -0.39 is 102 Å². The fraction of sp³-hybridized carbons (Fsp3) is 0.896. The Labute approximate surface area is 380 Å². The van der Waals surface area contributed by atoms with Crippen LogP contribution in [0.25, 0.3) is 0 Å². The van der Waals surface area contributed by atoms with Gasteiger partial charge in [-0.3, -0.25) is 0 Å². The summed E-state index contributed by atoms with van der Waals surface area (Å²) in [7, 11) is 3.06. The number of hydrogen-bond acceptors (Lipinski definition) is 16. The van der Waals surface area contributed by atoms with Crippen molar-refractivity contribution >= 4 is 5.97 Å². The number of aliphatic hydroxyl groups is 7. The Morgan fingerprint density at radius 1 is 0.906 bits per heavy atom. The number of carbonyl (C=O) groups excluding carboxylic acids is 1. The first-order chi connectivity index (χ1) is 30.0. The minimum atomic E-state index is -2.11. The molecule has 0 aromatic rings. The molecule has 16 nitrogen and oxygen atoms in total. The van der Waals surface area contributed by atoms with E-state index in [-0.39, 0.29) is 55.5 Å². The Balaban J connectivity index is 1.51. The molecule has 0 aromatic carbocycles. The van der Waals surface area contributed by atoms with Crippen LogP contribution in [0.2, 0.25) is 0 Å². The summed E-state index contributed by atoms with van der Waals surface area (Å²) in [4.78, 5) is 13.8. The van der Waals surface area contributed by atoms with Crippen molar-refractivity contribution in [3.05, 3.63) is 24.3 Å². The summed E-state index contributed by atoms with van der Waals surface area (Å²) in [6.45, 7) is 14.4. The van der Waals surface area contributed by atoms with E-state index in [1.165, 1.54) is 27.9 Å². The van der Waals surface area contributed by atoms with Gasteiger partial charge in [0.1, 0.15) is 30.0 Å². The minimum Gasteiger partial charge on any atom is -0.459 e. The van der Waals surface area contributed by atoms with Crippen molar-refractivity contribution in [3.8, 4) is 0 Å². The van der Waals surface area contributed by atoms with Gasteiger partial charge in [-0.1, -0.05) is 46.8 Å². The van der Waals surface area contributed by atoms with Crippen LogP contribution in [0.1, 0.15) is 126 Å². The Hall–Kier alpha value is -1.61. The second-order valence-corrected chi connectivity index (χ2v) is 20.4. The summed E-state index contributed by atoms with van der Waals surface area (Å²) in [6, 6.07) is 0. The number of aliphatic hydroxyl groups excluding tert-OH is 5. The summed E-state index contributed by atoms with van der Waals surface area (Å²) in [6.07, 6.45) is -1.38. The average Bonchev–Trinajstić information content (AvgIpc) is 3.25. The van der Waals surface area contributed by atoms with Gasteiger partial charge < -0.3 is 73.6 Å². The zero-order valence-electron chi connectivity index (χ0n) is 39.9. The predicted molar refractivity (Wildman–Crippen MR) is 234 cm³/mol. The van der Waals surface area contributed by atoms with Crippen LogP contribution in [0.5, 0.6) is 0 Å². The van der Waals surface area contributed by atoms with Gasteiger partial charge in [0.2, 0.25) is 0 Å². The molecule has 4 fully saturated rings. The van der Waals surface area contributed by atoms with Gasteiger partial charge in [-0.05, 0) is 83.6 Å². The van der Waals surface area contributed by atoms with Gasteiger partial charge in [0.15, 0.2) is 17.9 Å². The lowest BCUT2D eigenvalue weighted by molar-refractivity contribution is -0.364. The molecule has 0 radical (unpaired) electrons. The molecular weight excluding hydrogens is 833 g/mol. The van der Waals surface area contributed by atoms with Crippen molar-refractivity contribution in [2.75, 3.05) is 20.8 Å². The van der Waals surface area contributed by atoms with Gasteiger partial charge in [-0.15, -0.1) is 0 Å². The van der Waals surface area contributed by atoms with Gasteiger partial charge in [0, 0.05) is 63.7 Å². The molecule has 5 aliphatic heterocycles. The molecule has 4 saturated heterocycles. The van der Waals surface area contributed by atoms with Crippen LogP contribution in [0.4, 0.5) is 0 Å². The van der Waals surface area contributed by atoms with Crippen LogP contribution < -0.4 is 0 Å². The zero-order valence-corrected chi connectivity index (χ0v) is 39.9. The van der Waals surface area contributed by atoms with Crippen LogP contribution in [-0.2, 0) is 42.7 Å². The fourth-order valence-electron chi connectivity index (χ4n) is 10.4. The smallest absolute Gasteiger partial charge is 0.330 e. The van der Waals surface area contributed by atoms with Gasteiger partial charge in [-0.2, -0.15) is 0 Å². The number of esters is 1. The van der Waals surface area contributed by atoms with E-state index >= 15 is 0 Å². The Kier molecular flexibility index (Phi) is 18.5. The Morgan fingerprint density at radius 2 is 1.62 bits per heavy atom. The molecule has 0 unspecified atom stereocenters. The highest BCUT2D eigenvalue weighted by molar-refractivity contribution is 5.82. The van der Waals surface area contributed by atoms with E-state index in [4.69, 9.17) is 37.9 Å². The SMILES string of the molecule is CC[C@@H](O)C[C@@H]1O[C@]2(CC[C@H]1C)C[C@@H]1OC(=O)/C=C/[C@@](C)(O)[C@H](O)[C@H](C)[C@@H](O)[C@H](O[C@H]3C[C@H](OC)[C@@H](O)[C@H](C)O3)[C@@H](O)[C@@](C)(O)CCC/C=C\[C@H]3C[C@H](C)CO[C@]3(OC)C[C@H](O2)[C@@H]1C. The van der Waals surface area contributed by atoms with E-state index in [0.29, 0.717) is 38.7 Å². The number of carbonyl (C=O) groups is 1. The van der Waals surface area contributed by atoms with Crippen molar-refractivity contribution < 1.29 is 78.4 Å². The van der Waals surface area contributed by atoms with Crippen molar-refractivity contribution in [2.24, 2.45) is 29.6 Å². The number of hydrogen-bond donors (Lipinski definition) is 7. The van der Waals surface area contributed by atoms with Crippen LogP contribution in [0, 0.1) is 29.6 Å². The maximum Gasteiger partial charge on any atom is 0.330 e. The highest BCUT2D eigenvalue weighted by atomic mass is 16.7. The first kappa shape index (κ1) is 53.3. The quantitative estimate of drug-likeness (QED) is 0.142. The highest BCUT2D eigenvalue weighted by Crippen LogP contribution is 2.49. The lowest BCUT2D eigenvalue weighted by Crippen LogP contribution is -2.60. The average molecular weight is 915 g/mol. The van der Waals surface area contributed by atoms with Gasteiger partial charge >= 0.3 is 5.97 Å². The summed E-state index contributed by atoms with van der Waals surface area (Å²) < 4.78 is 50.6. The number of rotatable bonds is 7. The number of fused-ring (bicyclic) bond motifs is 3. The zero-order chi connectivity index (χ0) is 47.4. The molecule has 16 heteroatoms. The first-order valence-electron chi connectivity index (χ1n) is 23.8. The molecule has 5 aliphatic rings. The molecule has 0 aromatic heterocycles. The maximum absolute atomic E-state index is 13.8. The van der Waals surface area contributed by atoms with Gasteiger partial charge in [0.25, 0.3) is 0 Å². The van der Waals surface area contributed by atoms with Gasteiger partial charge in [-0.25, -0.2) is 4.79 Å². The molecule has 2 bridgehead atoms. The van der Waals surface area contributed by atoms with Crippen LogP contribution in [0.15, 0.2) is 24.3 Å². The monoisotopic (exact) mass is 915 g/mol. The van der Waals surface area contributed by atoms with Gasteiger partial charge in [0.05, 0.1) is 54.9 Å². The van der Waals surface area contributed by atoms with E-state index in [0.717, 1.165) is 25.0 Å². The standard InChI is InChI=1S/C48H82O16/c1-11-33(49)22-34-28(3)16-20-47(63-34)24-36-29(4)37(64-47)25-48(58-10)32(21-27(2)26-59-48)15-13-12-14-18-45(7,55)44(54)42(62-39-23-35(57-9)41(52)31(6)60-39)40(51)30(5)43(53)46(8,56)19-17-38(50)61-36/h13,15,17,19,27-37,39-44,49,51-56H,11-12,14,16,18,20-26H2,1-10H3/b15-13-,19-17+/t27-,28+,29+,30+,31-,32-,33+,34-,35-,36-,37-,39-,40+,41-,42-,43+,44+,45-,46+,47-,48+/m0/s1. The van der Waals surface area contributed by atoms with Crippen LogP contribution in [0.3, 0.4) is 0 Å². The fourth-order valence-corrected chi connectivity index (χ4v) is 10.4. The number of methoxy groups -OCH3 is 2. The predicted octanol–water partition coefficient (Wildman–Crippen LogP) is 3.81. The molecule has 5 heterocycles. The van der Waals surface area contributed by atoms with Crippen molar-refractivity contribution in [1.82, 2.24) is 0 Å². The number of ether oxygens (including phenoxy) is 8. The minimum absolute atomic E-state index is 0.0399. The molecule has 0 amide bonds. The largest absolute Gasteiger partial charge is 0.459 e. The summed E-state index contributed by atoms with van der Waals surface area (Å²) >= 11 is 0. The number of allylic oxidation sites excluding steroid dienone is 1. The van der Waals surface area contributed by atoms with Crippen LogP contribution >= 0.6 is 0 Å². The Morgan fingerprint density at radius 3 is 2.30 bits per heavy atom. The third-order valence-corrected chi connectivity index (χ3v) is 15.1. The van der Waals surface area contributed by atoms with E-state index in [1.54, 1.807) is 14.0 Å². The van der Waals surface area contributed by atoms with E-state index in [9.17, 15) is 40.5 Å². The van der Waals surface area contributed by atoms with Crippen LogP contribution in [-0.4, -0.2) is 159 Å². The third kappa shape index (κ3) is 12.5. The normalized spacial score (nSPS) is 49.7. The lowest BCUT2D eigenvalue weighted by atomic mass is 9.77. The molecule has 64 heavy (non-hydrogen) atoms. The molecular formula is C48H82O16. The molecule has 5 rings (SSSR count). The van der Waals surface area contributed by atoms with Crippen molar-refractivity contribution in [2.45, 2.75) is 222 Å². The summed E-state index contributed by atoms with van der Waals surface area (Å²) in [5.74, 6) is -4.44. The molecule has 1 spiro atoms. The molecule has 370 valence electrons. The van der Waals surface area contributed by atoms with Crippen molar-refractivity contribution in [1.29, 1.82) is 0 Å². The third-order valence-electron chi connectivity index (χ3n) is 15.1. The van der Waals surface area contributed by atoms with E-state index in [2.05, 4.69) is 19.9 Å². The topological polar surface area (TPSA) is 233 Å². The summed E-state index contributed by atoms with van der Waals surface area (Å²) in [5, 5.41) is 80.2. The molecule has 0 saturated carbocycles. The summed E-state index contributed by atoms with van der Waals surface area (Å²) in [5.41, 5.74) is -3.93. The lowest BCUT2D eigenvalue weighted by Gasteiger charge is -2.54. The first-order valence-corrected chi connectivity index (χ1v) is 23.8. The molecule has 0 aliphatic carbocycles. The highest BCUT2D eigenvalue weighted by Gasteiger charge is 2.55. The molecule has 7 N–H and O–H groups in total. The second kappa shape index (κ2) is 22.2. The Bertz CT molecular complexity index is 1540. The van der Waals surface area contributed by atoms with E-state index in [1.807, 2.05) is 19.9 Å². The maximum atomic E-state index is 13.8. The van der Waals surface area contributed by atoms with Crippen molar-refractivity contribution in [3.63, 3.8) is 0 Å². The molecule has 21 atom stereocenters. The second-order valence-electron chi connectivity index (χ2n) is 20.4.